The molecule has 2 rings (SSSR count). The monoisotopic (exact) mass is 301 g/mol. The summed E-state index contributed by atoms with van der Waals surface area (Å²) in [6.07, 6.45) is 10.6. The SMILES string of the molecule is COc1cc(C=CC=CC(=O)N2CCCCC2)cc(OC)c1. The Morgan fingerprint density at radius 2 is 1.64 bits per heavy atom. The molecule has 0 saturated carbocycles. The maximum Gasteiger partial charge on any atom is 0.246 e. The maximum absolute atomic E-state index is 12.0. The van der Waals surface area contributed by atoms with E-state index in [0.717, 1.165) is 43.0 Å². The third-order valence-electron chi connectivity index (χ3n) is 3.68. The summed E-state index contributed by atoms with van der Waals surface area (Å²) in [4.78, 5) is 13.9. The van der Waals surface area contributed by atoms with Gasteiger partial charge in [0.05, 0.1) is 14.2 Å². The van der Waals surface area contributed by atoms with Crippen LogP contribution in [-0.2, 0) is 4.79 Å². The molecule has 0 unspecified atom stereocenters. The summed E-state index contributed by atoms with van der Waals surface area (Å²) < 4.78 is 10.5. The molecule has 1 saturated heterocycles. The fourth-order valence-electron chi connectivity index (χ4n) is 2.45. The molecule has 0 radical (unpaired) electrons. The molecule has 0 atom stereocenters. The molecule has 0 spiro atoms. The van der Waals surface area contributed by atoms with E-state index in [1.54, 1.807) is 26.4 Å². The van der Waals surface area contributed by atoms with Crippen molar-refractivity contribution in [2.24, 2.45) is 0 Å². The van der Waals surface area contributed by atoms with Gasteiger partial charge in [0, 0.05) is 25.2 Å². The fraction of sp³-hybridized carbons (Fsp3) is 0.389. The highest BCUT2D eigenvalue weighted by Gasteiger charge is 2.13. The third kappa shape index (κ3) is 4.65. The van der Waals surface area contributed by atoms with Crippen LogP contribution in [-0.4, -0.2) is 38.1 Å². The first-order valence-corrected chi connectivity index (χ1v) is 7.59. The number of rotatable bonds is 5. The summed E-state index contributed by atoms with van der Waals surface area (Å²) in [5, 5.41) is 0. The van der Waals surface area contributed by atoms with Gasteiger partial charge >= 0.3 is 0 Å². The number of benzene rings is 1. The molecule has 0 aromatic heterocycles. The number of carbonyl (C=O) groups excluding carboxylic acids is 1. The van der Waals surface area contributed by atoms with Crippen molar-refractivity contribution in [2.45, 2.75) is 19.3 Å². The van der Waals surface area contributed by atoms with E-state index in [4.69, 9.17) is 9.47 Å². The van der Waals surface area contributed by atoms with Crippen LogP contribution in [0.25, 0.3) is 6.08 Å². The Bertz CT molecular complexity index is 535. The Hall–Kier alpha value is -2.23. The van der Waals surface area contributed by atoms with Crippen LogP contribution in [0.2, 0.25) is 0 Å². The van der Waals surface area contributed by atoms with Crippen molar-refractivity contribution >= 4 is 12.0 Å². The number of ether oxygens (including phenoxy) is 2. The number of hydrogen-bond acceptors (Lipinski definition) is 3. The first-order chi connectivity index (χ1) is 10.7. The van der Waals surface area contributed by atoms with Crippen LogP contribution in [0.1, 0.15) is 24.8 Å². The second-order valence-corrected chi connectivity index (χ2v) is 5.25. The van der Waals surface area contributed by atoms with E-state index in [1.165, 1.54) is 6.42 Å². The van der Waals surface area contributed by atoms with Gasteiger partial charge in [0.25, 0.3) is 0 Å². The lowest BCUT2D eigenvalue weighted by Crippen LogP contribution is -2.34. The van der Waals surface area contributed by atoms with Gasteiger partial charge in [-0.15, -0.1) is 0 Å². The third-order valence-corrected chi connectivity index (χ3v) is 3.68. The summed E-state index contributed by atoms with van der Waals surface area (Å²) >= 11 is 0. The van der Waals surface area contributed by atoms with Crippen molar-refractivity contribution in [2.75, 3.05) is 27.3 Å². The molecule has 4 heteroatoms. The predicted octanol–water partition coefficient (Wildman–Crippen LogP) is 3.29. The van der Waals surface area contributed by atoms with Crippen molar-refractivity contribution in [1.82, 2.24) is 4.90 Å². The average Bonchev–Trinajstić information content (AvgIpc) is 2.58. The van der Waals surface area contributed by atoms with E-state index in [2.05, 4.69) is 0 Å². The normalized spacial score (nSPS) is 15.5. The first kappa shape index (κ1) is 16.1. The Balaban J connectivity index is 1.96. The van der Waals surface area contributed by atoms with Crippen LogP contribution >= 0.6 is 0 Å². The summed E-state index contributed by atoms with van der Waals surface area (Å²) in [7, 11) is 3.25. The molecule has 1 aliphatic heterocycles. The average molecular weight is 301 g/mol. The van der Waals surface area contributed by atoms with Crippen molar-refractivity contribution < 1.29 is 14.3 Å². The first-order valence-electron chi connectivity index (χ1n) is 7.59. The fourth-order valence-corrected chi connectivity index (χ4v) is 2.45. The molecule has 1 heterocycles. The van der Waals surface area contributed by atoms with E-state index in [9.17, 15) is 4.79 Å². The van der Waals surface area contributed by atoms with Gasteiger partial charge in [0.2, 0.25) is 5.91 Å². The number of amides is 1. The number of piperidine rings is 1. The zero-order chi connectivity index (χ0) is 15.8. The smallest absolute Gasteiger partial charge is 0.246 e. The molecule has 0 N–H and O–H groups in total. The van der Waals surface area contributed by atoms with Crippen LogP contribution in [0.5, 0.6) is 11.5 Å². The van der Waals surface area contributed by atoms with Gasteiger partial charge in [-0.3, -0.25) is 4.79 Å². The van der Waals surface area contributed by atoms with Crippen LogP contribution in [0.4, 0.5) is 0 Å². The molecule has 1 fully saturated rings. The largest absolute Gasteiger partial charge is 0.497 e. The number of allylic oxidation sites excluding steroid dienone is 2. The molecule has 1 aromatic rings. The minimum Gasteiger partial charge on any atom is -0.497 e. The van der Waals surface area contributed by atoms with E-state index in [-0.39, 0.29) is 5.91 Å². The Morgan fingerprint density at radius 1 is 1.00 bits per heavy atom. The molecular formula is C18H23NO3. The molecule has 22 heavy (non-hydrogen) atoms. The van der Waals surface area contributed by atoms with Crippen molar-refractivity contribution in [3.8, 4) is 11.5 Å². The molecule has 1 aliphatic rings. The number of methoxy groups -OCH3 is 2. The highest BCUT2D eigenvalue weighted by Crippen LogP contribution is 2.23. The molecule has 1 amide bonds. The lowest BCUT2D eigenvalue weighted by atomic mass is 10.1. The Kier molecular flexibility index (Phi) is 6.07. The highest BCUT2D eigenvalue weighted by atomic mass is 16.5. The second-order valence-electron chi connectivity index (χ2n) is 5.25. The predicted molar refractivity (Wildman–Crippen MR) is 88.2 cm³/mol. The van der Waals surface area contributed by atoms with Gasteiger partial charge in [-0.25, -0.2) is 0 Å². The summed E-state index contributed by atoms with van der Waals surface area (Å²) in [6.45, 7) is 1.75. The minimum atomic E-state index is 0.0903. The van der Waals surface area contributed by atoms with Gasteiger partial charge in [-0.1, -0.05) is 18.2 Å². The van der Waals surface area contributed by atoms with Crippen LogP contribution in [0, 0.1) is 0 Å². The quantitative estimate of drug-likeness (QED) is 0.619. The zero-order valence-corrected chi connectivity index (χ0v) is 13.2. The lowest BCUT2D eigenvalue weighted by Gasteiger charge is -2.25. The zero-order valence-electron chi connectivity index (χ0n) is 13.2. The van der Waals surface area contributed by atoms with E-state index in [0.29, 0.717) is 0 Å². The second kappa shape index (κ2) is 8.27. The molecule has 4 nitrogen and oxygen atoms in total. The Morgan fingerprint density at radius 3 is 2.23 bits per heavy atom. The van der Waals surface area contributed by atoms with Crippen molar-refractivity contribution in [1.29, 1.82) is 0 Å². The number of likely N-dealkylation sites (tertiary alicyclic amines) is 1. The number of nitrogens with zero attached hydrogens (tertiary/aromatic N) is 1. The molecule has 0 bridgehead atoms. The highest BCUT2D eigenvalue weighted by molar-refractivity contribution is 5.88. The van der Waals surface area contributed by atoms with E-state index in [1.807, 2.05) is 35.3 Å². The van der Waals surface area contributed by atoms with E-state index >= 15 is 0 Å². The van der Waals surface area contributed by atoms with Crippen LogP contribution in [0.15, 0.2) is 36.4 Å². The lowest BCUT2D eigenvalue weighted by molar-refractivity contribution is -0.126. The van der Waals surface area contributed by atoms with Crippen molar-refractivity contribution in [3.63, 3.8) is 0 Å². The molecule has 118 valence electrons. The maximum atomic E-state index is 12.0. The molecule has 0 aliphatic carbocycles. The number of hydrogen-bond donors (Lipinski definition) is 0. The topological polar surface area (TPSA) is 38.8 Å². The van der Waals surface area contributed by atoms with Gasteiger partial charge in [0.1, 0.15) is 11.5 Å². The summed E-state index contributed by atoms with van der Waals surface area (Å²) in [6, 6.07) is 5.66. The van der Waals surface area contributed by atoms with Gasteiger partial charge < -0.3 is 14.4 Å². The van der Waals surface area contributed by atoms with Gasteiger partial charge in [0.15, 0.2) is 0 Å². The molecule has 1 aromatic carbocycles. The van der Waals surface area contributed by atoms with Crippen molar-refractivity contribution in [3.05, 3.63) is 42.0 Å². The summed E-state index contributed by atoms with van der Waals surface area (Å²) in [5.41, 5.74) is 0.964. The Labute approximate surface area is 132 Å². The van der Waals surface area contributed by atoms with Gasteiger partial charge in [-0.05, 0) is 37.0 Å². The summed E-state index contributed by atoms with van der Waals surface area (Å²) in [5.74, 6) is 1.58. The van der Waals surface area contributed by atoms with Crippen LogP contribution in [0.3, 0.4) is 0 Å². The standard InChI is InChI=1S/C18H23NO3/c1-21-16-12-15(13-17(14-16)22-2)8-4-5-9-18(20)19-10-6-3-7-11-19/h4-5,8-9,12-14H,3,6-7,10-11H2,1-2H3. The van der Waals surface area contributed by atoms with Gasteiger partial charge in [-0.2, -0.15) is 0 Å². The van der Waals surface area contributed by atoms with Crippen LogP contribution < -0.4 is 9.47 Å². The molecular weight excluding hydrogens is 278 g/mol. The minimum absolute atomic E-state index is 0.0903. The number of carbonyl (C=O) groups is 1. The van der Waals surface area contributed by atoms with E-state index < -0.39 is 0 Å².